The second kappa shape index (κ2) is 11.2. The number of allylic oxidation sites excluding steroid dienone is 4. The van der Waals surface area contributed by atoms with E-state index in [2.05, 4.69) is 51.9 Å². The van der Waals surface area contributed by atoms with Crippen LogP contribution >= 0.6 is 0 Å². The van der Waals surface area contributed by atoms with Crippen LogP contribution in [0.2, 0.25) is 0 Å². The molecule has 35 heavy (non-hydrogen) atoms. The van der Waals surface area contributed by atoms with E-state index in [0.717, 1.165) is 31.2 Å². The molecule has 3 rings (SSSR count). The Balaban J connectivity index is 2.11. The minimum Gasteiger partial charge on any atom is -0.411 e. The van der Waals surface area contributed by atoms with E-state index in [1.54, 1.807) is 7.11 Å². The third-order valence-corrected chi connectivity index (χ3v) is 9.01. The highest BCUT2D eigenvalue weighted by atomic mass is 16.5. The SMILES string of the molecule is CCC1=CC(=O)CC/C1=C(/[C@@H](C)[C@@H]1CC[C@](COC)(OC)C1(C)C)[C@H](C)c1ccc(/C=N/O)cc1. The van der Waals surface area contributed by atoms with Crippen LogP contribution in [-0.4, -0.2) is 43.6 Å². The van der Waals surface area contributed by atoms with Gasteiger partial charge in [-0.15, -0.1) is 0 Å². The van der Waals surface area contributed by atoms with Crippen LogP contribution in [-0.2, 0) is 14.3 Å². The number of ketones is 1. The molecule has 2 aliphatic carbocycles. The molecule has 1 N–H and O–H groups in total. The second-order valence-electron chi connectivity index (χ2n) is 10.8. The van der Waals surface area contributed by atoms with Gasteiger partial charge in [0.1, 0.15) is 0 Å². The van der Waals surface area contributed by atoms with Crippen molar-refractivity contribution in [3.63, 3.8) is 0 Å². The second-order valence-corrected chi connectivity index (χ2v) is 10.8. The van der Waals surface area contributed by atoms with Gasteiger partial charge in [0, 0.05) is 26.6 Å². The lowest BCUT2D eigenvalue weighted by Crippen LogP contribution is -2.49. The highest BCUT2D eigenvalue weighted by molar-refractivity contribution is 5.93. The molecule has 1 aromatic carbocycles. The van der Waals surface area contributed by atoms with E-state index in [-0.39, 0.29) is 22.7 Å². The fourth-order valence-electron chi connectivity index (χ4n) is 6.87. The lowest BCUT2D eigenvalue weighted by molar-refractivity contribution is -0.132. The average molecular weight is 482 g/mol. The number of ether oxygens (including phenoxy) is 2. The molecule has 4 atom stereocenters. The molecular formula is C30H43NO4. The molecule has 0 heterocycles. The number of rotatable bonds is 9. The van der Waals surface area contributed by atoms with Gasteiger partial charge in [0.25, 0.3) is 0 Å². The summed E-state index contributed by atoms with van der Waals surface area (Å²) < 4.78 is 11.8. The standard InChI is InChI=1S/C30H43NO4/c1-8-23-17-25(32)13-14-26(23)28(20(2)24-11-9-22(10-12-24)18-31-33)21(3)27-15-16-30(35-7,19-34-6)29(27,4)5/h9-12,17-18,20-21,27,33H,8,13-16,19H2,1-7H3/b28-26-,31-18+/t20-,21+,27+,30-/m1/s1. The summed E-state index contributed by atoms with van der Waals surface area (Å²) in [5.41, 5.74) is 5.70. The summed E-state index contributed by atoms with van der Waals surface area (Å²) in [5, 5.41) is 12.0. The van der Waals surface area contributed by atoms with E-state index in [4.69, 9.17) is 14.7 Å². The van der Waals surface area contributed by atoms with Crippen LogP contribution in [0, 0.1) is 17.3 Å². The number of carbonyl (C=O) groups excluding carboxylic acids is 1. The molecular weight excluding hydrogens is 438 g/mol. The van der Waals surface area contributed by atoms with Gasteiger partial charge < -0.3 is 14.7 Å². The summed E-state index contributed by atoms with van der Waals surface area (Å²) in [4.78, 5) is 12.3. The third kappa shape index (κ3) is 5.17. The topological polar surface area (TPSA) is 68.1 Å². The van der Waals surface area contributed by atoms with Crippen molar-refractivity contribution >= 4 is 12.0 Å². The van der Waals surface area contributed by atoms with E-state index in [9.17, 15) is 4.79 Å². The van der Waals surface area contributed by atoms with E-state index < -0.39 is 0 Å². The molecule has 5 nitrogen and oxygen atoms in total. The third-order valence-electron chi connectivity index (χ3n) is 9.01. The van der Waals surface area contributed by atoms with Gasteiger partial charge in [-0.25, -0.2) is 0 Å². The number of nitrogens with zero attached hydrogens (tertiary/aromatic N) is 1. The first kappa shape index (κ1) is 27.3. The number of carbonyl (C=O) groups is 1. The molecule has 0 bridgehead atoms. The minimum atomic E-state index is -0.309. The Morgan fingerprint density at radius 1 is 1.20 bits per heavy atom. The van der Waals surface area contributed by atoms with Gasteiger partial charge in [0.2, 0.25) is 0 Å². The van der Waals surface area contributed by atoms with Crippen molar-refractivity contribution in [2.45, 2.75) is 78.2 Å². The summed E-state index contributed by atoms with van der Waals surface area (Å²) in [7, 11) is 3.57. The van der Waals surface area contributed by atoms with Gasteiger partial charge in [-0.3, -0.25) is 4.79 Å². The maximum absolute atomic E-state index is 12.3. The maximum Gasteiger partial charge on any atom is 0.156 e. The van der Waals surface area contributed by atoms with Gasteiger partial charge in [0.15, 0.2) is 5.78 Å². The Bertz CT molecular complexity index is 988. The zero-order valence-corrected chi connectivity index (χ0v) is 22.6. The lowest BCUT2D eigenvalue weighted by atomic mass is 9.64. The highest BCUT2D eigenvalue weighted by Crippen LogP contribution is 2.57. The quantitative estimate of drug-likeness (QED) is 0.242. The van der Waals surface area contributed by atoms with E-state index >= 15 is 0 Å². The highest BCUT2D eigenvalue weighted by Gasteiger charge is 2.57. The van der Waals surface area contributed by atoms with Crippen molar-refractivity contribution in [1.29, 1.82) is 0 Å². The molecule has 0 amide bonds. The van der Waals surface area contributed by atoms with Gasteiger partial charge in [-0.1, -0.05) is 69.6 Å². The minimum absolute atomic E-state index is 0.0786. The first-order valence-corrected chi connectivity index (χ1v) is 12.9. The smallest absolute Gasteiger partial charge is 0.156 e. The molecule has 0 saturated heterocycles. The van der Waals surface area contributed by atoms with Crippen LogP contribution in [0.3, 0.4) is 0 Å². The van der Waals surface area contributed by atoms with Crippen molar-refractivity contribution in [1.82, 2.24) is 0 Å². The van der Waals surface area contributed by atoms with Crippen molar-refractivity contribution in [2.24, 2.45) is 22.4 Å². The molecule has 0 spiro atoms. The number of hydrogen-bond acceptors (Lipinski definition) is 5. The fourth-order valence-corrected chi connectivity index (χ4v) is 6.87. The molecule has 5 heteroatoms. The molecule has 0 aliphatic heterocycles. The normalized spacial score (nSPS) is 27.7. The molecule has 192 valence electrons. The Morgan fingerprint density at radius 3 is 2.46 bits per heavy atom. The Kier molecular flexibility index (Phi) is 8.76. The fraction of sp³-hybridized carbons (Fsp3) is 0.600. The lowest BCUT2D eigenvalue weighted by Gasteiger charge is -2.45. The van der Waals surface area contributed by atoms with Crippen molar-refractivity contribution in [3.05, 3.63) is 58.2 Å². The van der Waals surface area contributed by atoms with Crippen LogP contribution in [0.1, 0.15) is 83.8 Å². The number of benzene rings is 1. The summed E-state index contributed by atoms with van der Waals surface area (Å²) in [6.07, 6.45) is 7.61. The molecule has 1 aromatic rings. The van der Waals surface area contributed by atoms with Crippen LogP contribution in [0.5, 0.6) is 0 Å². The van der Waals surface area contributed by atoms with Crippen LogP contribution < -0.4 is 0 Å². The predicted octanol–water partition coefficient (Wildman–Crippen LogP) is 6.70. The first-order chi connectivity index (χ1) is 16.7. The summed E-state index contributed by atoms with van der Waals surface area (Å²) in [5.74, 6) is 1.15. The average Bonchev–Trinajstić information content (AvgIpc) is 3.10. The summed E-state index contributed by atoms with van der Waals surface area (Å²) in [6, 6.07) is 8.24. The van der Waals surface area contributed by atoms with Gasteiger partial charge in [-0.05, 0) is 71.3 Å². The van der Waals surface area contributed by atoms with Crippen LogP contribution in [0.15, 0.2) is 52.2 Å². The molecule has 0 radical (unpaired) electrons. The number of oxime groups is 1. The van der Waals surface area contributed by atoms with E-state index in [1.165, 1.54) is 28.5 Å². The Labute approximate surface area is 211 Å². The van der Waals surface area contributed by atoms with Crippen molar-refractivity contribution in [2.75, 3.05) is 20.8 Å². The zero-order valence-electron chi connectivity index (χ0n) is 22.6. The van der Waals surface area contributed by atoms with E-state index in [0.29, 0.717) is 24.9 Å². The maximum atomic E-state index is 12.3. The van der Waals surface area contributed by atoms with Gasteiger partial charge >= 0.3 is 0 Å². The Morgan fingerprint density at radius 2 is 1.89 bits per heavy atom. The van der Waals surface area contributed by atoms with Crippen LogP contribution in [0.4, 0.5) is 0 Å². The molecule has 2 aliphatic rings. The van der Waals surface area contributed by atoms with Crippen molar-refractivity contribution in [3.8, 4) is 0 Å². The van der Waals surface area contributed by atoms with Gasteiger partial charge in [0.05, 0.1) is 18.4 Å². The molecule has 0 unspecified atom stereocenters. The number of hydrogen-bond donors (Lipinski definition) is 1. The molecule has 0 aromatic heterocycles. The number of methoxy groups -OCH3 is 2. The summed E-state index contributed by atoms with van der Waals surface area (Å²) in [6.45, 7) is 12.1. The molecule has 1 saturated carbocycles. The van der Waals surface area contributed by atoms with Crippen LogP contribution in [0.25, 0.3) is 0 Å². The molecule has 1 fully saturated rings. The predicted molar refractivity (Wildman–Crippen MR) is 141 cm³/mol. The monoisotopic (exact) mass is 481 g/mol. The van der Waals surface area contributed by atoms with Gasteiger partial charge in [-0.2, -0.15) is 0 Å². The summed E-state index contributed by atoms with van der Waals surface area (Å²) >= 11 is 0. The van der Waals surface area contributed by atoms with Crippen molar-refractivity contribution < 1.29 is 19.5 Å². The zero-order chi connectivity index (χ0) is 25.8. The first-order valence-electron chi connectivity index (χ1n) is 12.9. The Hall–Kier alpha value is -2.24. The largest absolute Gasteiger partial charge is 0.411 e. The van der Waals surface area contributed by atoms with E-state index in [1.807, 2.05) is 25.3 Å².